The molecule has 0 fully saturated rings. The highest BCUT2D eigenvalue weighted by Gasteiger charge is 2.19. The Morgan fingerprint density at radius 3 is 2.81 bits per heavy atom. The van der Waals surface area contributed by atoms with Crippen LogP contribution in [0.3, 0.4) is 0 Å². The minimum atomic E-state index is -0.319. The largest absolute Gasteiger partial charge is 0.465 e. The summed E-state index contributed by atoms with van der Waals surface area (Å²) in [6.07, 6.45) is 1.57. The molecule has 0 spiro atoms. The SMILES string of the molecule is CCCNC(CCN(C)c1cccc(F)c1)C(=O)OCC. The van der Waals surface area contributed by atoms with Crippen molar-refractivity contribution >= 4 is 11.7 Å². The van der Waals surface area contributed by atoms with Gasteiger partial charge in [0.15, 0.2) is 0 Å². The van der Waals surface area contributed by atoms with Gasteiger partial charge in [0.2, 0.25) is 0 Å². The molecule has 5 heteroatoms. The van der Waals surface area contributed by atoms with E-state index in [1.807, 2.05) is 24.9 Å². The van der Waals surface area contributed by atoms with Gasteiger partial charge in [-0.25, -0.2) is 4.39 Å². The fraction of sp³-hybridized carbons (Fsp3) is 0.562. The summed E-state index contributed by atoms with van der Waals surface area (Å²) in [5, 5.41) is 3.20. The van der Waals surface area contributed by atoms with Crippen LogP contribution in [-0.2, 0) is 9.53 Å². The van der Waals surface area contributed by atoms with E-state index in [9.17, 15) is 9.18 Å². The third-order valence-corrected chi connectivity index (χ3v) is 3.21. The number of hydrogen-bond donors (Lipinski definition) is 1. The van der Waals surface area contributed by atoms with Crippen LogP contribution in [0.25, 0.3) is 0 Å². The lowest BCUT2D eigenvalue weighted by Crippen LogP contribution is -2.41. The maximum Gasteiger partial charge on any atom is 0.323 e. The number of rotatable bonds is 9. The zero-order chi connectivity index (χ0) is 15.7. The average Bonchev–Trinajstić information content (AvgIpc) is 2.47. The van der Waals surface area contributed by atoms with E-state index in [0.29, 0.717) is 19.6 Å². The molecule has 0 saturated heterocycles. The minimum absolute atomic E-state index is 0.224. The van der Waals surface area contributed by atoms with Crippen LogP contribution < -0.4 is 10.2 Å². The lowest BCUT2D eigenvalue weighted by atomic mass is 10.2. The van der Waals surface area contributed by atoms with Crippen molar-refractivity contribution in [2.45, 2.75) is 32.7 Å². The molecule has 0 saturated carbocycles. The number of hydrogen-bond acceptors (Lipinski definition) is 4. The lowest BCUT2D eigenvalue weighted by molar-refractivity contribution is -0.145. The summed E-state index contributed by atoms with van der Waals surface area (Å²) < 4.78 is 18.3. The zero-order valence-electron chi connectivity index (χ0n) is 13.1. The monoisotopic (exact) mass is 296 g/mol. The third-order valence-electron chi connectivity index (χ3n) is 3.21. The van der Waals surface area contributed by atoms with Crippen LogP contribution in [0.15, 0.2) is 24.3 Å². The van der Waals surface area contributed by atoms with E-state index in [1.54, 1.807) is 13.0 Å². The molecule has 1 N–H and O–H groups in total. The summed E-state index contributed by atoms with van der Waals surface area (Å²) in [4.78, 5) is 13.8. The van der Waals surface area contributed by atoms with E-state index in [0.717, 1.165) is 18.7 Å². The maximum atomic E-state index is 13.2. The number of nitrogens with one attached hydrogen (secondary N) is 1. The van der Waals surface area contributed by atoms with Crippen LogP contribution >= 0.6 is 0 Å². The van der Waals surface area contributed by atoms with Gasteiger partial charge in [-0.3, -0.25) is 4.79 Å². The Morgan fingerprint density at radius 1 is 1.43 bits per heavy atom. The Labute approximate surface area is 126 Å². The highest BCUT2D eigenvalue weighted by Crippen LogP contribution is 2.14. The van der Waals surface area contributed by atoms with E-state index in [2.05, 4.69) is 5.32 Å². The molecule has 0 radical (unpaired) electrons. The van der Waals surface area contributed by atoms with Gasteiger partial charge in [0, 0.05) is 19.3 Å². The molecule has 1 unspecified atom stereocenters. The fourth-order valence-electron chi connectivity index (χ4n) is 2.03. The molecule has 118 valence electrons. The lowest BCUT2D eigenvalue weighted by Gasteiger charge is -2.23. The van der Waals surface area contributed by atoms with Crippen molar-refractivity contribution in [3.63, 3.8) is 0 Å². The quantitative estimate of drug-likeness (QED) is 0.711. The van der Waals surface area contributed by atoms with Gasteiger partial charge in [-0.2, -0.15) is 0 Å². The molecule has 1 aromatic rings. The molecule has 0 aromatic heterocycles. The van der Waals surface area contributed by atoms with E-state index < -0.39 is 0 Å². The number of nitrogens with zero attached hydrogens (tertiary/aromatic N) is 1. The Morgan fingerprint density at radius 2 is 2.19 bits per heavy atom. The molecule has 0 aliphatic heterocycles. The Bertz CT molecular complexity index is 440. The second-order valence-corrected chi connectivity index (χ2v) is 4.95. The van der Waals surface area contributed by atoms with Gasteiger partial charge in [0.1, 0.15) is 11.9 Å². The number of carbonyl (C=O) groups is 1. The Kier molecular flexibility index (Phi) is 7.75. The van der Waals surface area contributed by atoms with E-state index in [4.69, 9.17) is 4.74 Å². The van der Waals surface area contributed by atoms with Gasteiger partial charge < -0.3 is 15.0 Å². The summed E-state index contributed by atoms with van der Waals surface area (Å²) in [5.74, 6) is -0.482. The molecule has 1 atom stereocenters. The third kappa shape index (κ3) is 6.12. The van der Waals surface area contributed by atoms with Crippen LogP contribution in [0.2, 0.25) is 0 Å². The van der Waals surface area contributed by atoms with Crippen molar-refractivity contribution in [3.05, 3.63) is 30.1 Å². The molecule has 0 aliphatic rings. The predicted molar refractivity (Wildman–Crippen MR) is 83.0 cm³/mol. The smallest absolute Gasteiger partial charge is 0.323 e. The van der Waals surface area contributed by atoms with Crippen LogP contribution in [-0.4, -0.2) is 38.8 Å². The second kappa shape index (κ2) is 9.34. The minimum Gasteiger partial charge on any atom is -0.465 e. The van der Waals surface area contributed by atoms with Crippen LogP contribution in [0.4, 0.5) is 10.1 Å². The summed E-state index contributed by atoms with van der Waals surface area (Å²) >= 11 is 0. The molecular weight excluding hydrogens is 271 g/mol. The number of esters is 1. The van der Waals surface area contributed by atoms with Crippen molar-refractivity contribution < 1.29 is 13.9 Å². The first kappa shape index (κ1) is 17.4. The van der Waals surface area contributed by atoms with Gasteiger partial charge in [-0.1, -0.05) is 13.0 Å². The number of anilines is 1. The first-order valence-electron chi connectivity index (χ1n) is 7.45. The van der Waals surface area contributed by atoms with Gasteiger partial charge in [-0.15, -0.1) is 0 Å². The molecule has 1 aromatic carbocycles. The number of ether oxygens (including phenoxy) is 1. The fourth-order valence-corrected chi connectivity index (χ4v) is 2.03. The Hall–Kier alpha value is -1.62. The van der Waals surface area contributed by atoms with Gasteiger partial charge >= 0.3 is 5.97 Å². The van der Waals surface area contributed by atoms with Gasteiger partial charge in [-0.05, 0) is 44.5 Å². The molecule has 0 heterocycles. The topological polar surface area (TPSA) is 41.6 Å². The summed E-state index contributed by atoms with van der Waals surface area (Å²) in [7, 11) is 1.89. The molecule has 0 bridgehead atoms. The van der Waals surface area contributed by atoms with Crippen molar-refractivity contribution in [2.75, 3.05) is 31.6 Å². The number of carbonyl (C=O) groups excluding carboxylic acids is 1. The molecule has 0 aliphatic carbocycles. The van der Waals surface area contributed by atoms with E-state index >= 15 is 0 Å². The molecular formula is C16H25FN2O2. The van der Waals surface area contributed by atoms with Crippen molar-refractivity contribution in [2.24, 2.45) is 0 Å². The maximum absolute atomic E-state index is 13.2. The van der Waals surface area contributed by atoms with E-state index in [1.165, 1.54) is 12.1 Å². The molecule has 1 rings (SSSR count). The normalized spacial score (nSPS) is 12.0. The van der Waals surface area contributed by atoms with Crippen LogP contribution in [0.1, 0.15) is 26.7 Å². The Balaban J connectivity index is 2.56. The zero-order valence-corrected chi connectivity index (χ0v) is 13.1. The first-order chi connectivity index (χ1) is 10.1. The van der Waals surface area contributed by atoms with Gasteiger partial charge in [0.05, 0.1) is 6.61 Å². The second-order valence-electron chi connectivity index (χ2n) is 4.95. The molecule has 21 heavy (non-hydrogen) atoms. The predicted octanol–water partition coefficient (Wildman–Crippen LogP) is 2.58. The summed E-state index contributed by atoms with van der Waals surface area (Å²) in [5.41, 5.74) is 0.799. The van der Waals surface area contributed by atoms with Crippen molar-refractivity contribution in [1.29, 1.82) is 0 Å². The van der Waals surface area contributed by atoms with Crippen molar-refractivity contribution in [3.8, 4) is 0 Å². The molecule has 0 amide bonds. The standard InChI is InChI=1S/C16H25FN2O2/c1-4-10-18-15(16(20)21-5-2)9-11-19(3)14-8-6-7-13(17)12-14/h6-8,12,15,18H,4-5,9-11H2,1-3H3. The highest BCUT2D eigenvalue weighted by molar-refractivity contribution is 5.75. The van der Waals surface area contributed by atoms with Crippen LogP contribution in [0, 0.1) is 5.82 Å². The summed E-state index contributed by atoms with van der Waals surface area (Å²) in [6.45, 7) is 5.64. The van der Waals surface area contributed by atoms with Gasteiger partial charge in [0.25, 0.3) is 0 Å². The first-order valence-corrected chi connectivity index (χ1v) is 7.45. The average molecular weight is 296 g/mol. The number of halogens is 1. The number of benzene rings is 1. The highest BCUT2D eigenvalue weighted by atomic mass is 19.1. The van der Waals surface area contributed by atoms with E-state index in [-0.39, 0.29) is 17.8 Å². The molecule has 4 nitrogen and oxygen atoms in total. The summed E-state index contributed by atoms with van der Waals surface area (Å²) in [6, 6.07) is 6.11. The van der Waals surface area contributed by atoms with Crippen molar-refractivity contribution in [1.82, 2.24) is 5.32 Å². The van der Waals surface area contributed by atoms with Crippen LogP contribution in [0.5, 0.6) is 0 Å².